The van der Waals surface area contributed by atoms with Gasteiger partial charge in [0, 0.05) is 5.02 Å². The van der Waals surface area contributed by atoms with Gasteiger partial charge in [0.2, 0.25) is 0 Å². The molecule has 0 bridgehead atoms. The molecule has 3 rings (SSSR count). The van der Waals surface area contributed by atoms with Crippen LogP contribution in [0, 0.1) is 18.3 Å². The zero-order valence-electron chi connectivity index (χ0n) is 13.7. The van der Waals surface area contributed by atoms with Crippen molar-refractivity contribution >= 4 is 45.3 Å². The van der Waals surface area contributed by atoms with Crippen LogP contribution in [0.25, 0.3) is 11.6 Å². The summed E-state index contributed by atoms with van der Waals surface area (Å²) in [5.41, 5.74) is 2.62. The van der Waals surface area contributed by atoms with Crippen LogP contribution in [0.4, 0.5) is 10.7 Å². The maximum Gasteiger partial charge on any atom is 0.162 e. The van der Waals surface area contributed by atoms with Crippen molar-refractivity contribution in [2.75, 3.05) is 0 Å². The number of azo groups is 1. The number of aromatic hydroxyl groups is 1. The molecule has 0 atom stereocenters. The minimum Gasteiger partial charge on any atom is -0.508 e. The smallest absolute Gasteiger partial charge is 0.162 e. The van der Waals surface area contributed by atoms with E-state index in [9.17, 15) is 10.4 Å². The quantitative estimate of drug-likeness (QED) is 0.426. The molecular weight excluding hydrogens is 368 g/mol. The van der Waals surface area contributed by atoms with Crippen molar-refractivity contribution in [1.82, 2.24) is 4.98 Å². The third-order valence-electron chi connectivity index (χ3n) is 3.41. The Morgan fingerprint density at radius 1 is 1.15 bits per heavy atom. The number of hydrogen-bond donors (Lipinski definition) is 1. The first-order chi connectivity index (χ1) is 12.5. The Morgan fingerprint density at radius 3 is 2.50 bits per heavy atom. The SMILES string of the molecule is Cc1nc(C(C#N)=Cc2ccc(O)cc2)sc1N=Nc1ccc(Cl)cc1. The highest BCUT2D eigenvalue weighted by Gasteiger charge is 2.11. The van der Waals surface area contributed by atoms with Gasteiger partial charge in [0.15, 0.2) is 5.00 Å². The maximum atomic E-state index is 9.46. The van der Waals surface area contributed by atoms with Crippen molar-refractivity contribution in [1.29, 1.82) is 5.26 Å². The lowest BCUT2D eigenvalue weighted by atomic mass is 10.1. The molecular formula is C19H13ClN4OS. The number of phenolic OH excluding ortho intramolecular Hbond substituents is 1. The summed E-state index contributed by atoms with van der Waals surface area (Å²) in [6.45, 7) is 1.83. The second kappa shape index (κ2) is 7.91. The van der Waals surface area contributed by atoms with Crippen molar-refractivity contribution in [2.24, 2.45) is 10.2 Å². The molecule has 0 unspecified atom stereocenters. The number of halogens is 1. The first-order valence-corrected chi connectivity index (χ1v) is 8.80. The minimum absolute atomic E-state index is 0.177. The van der Waals surface area contributed by atoms with E-state index in [0.29, 0.717) is 32.0 Å². The van der Waals surface area contributed by atoms with E-state index in [-0.39, 0.29) is 5.75 Å². The number of nitriles is 1. The predicted octanol–water partition coefficient (Wildman–Crippen LogP) is 6.29. The minimum atomic E-state index is 0.177. The average molecular weight is 381 g/mol. The highest BCUT2D eigenvalue weighted by atomic mass is 35.5. The third kappa shape index (κ3) is 4.33. The molecule has 0 aliphatic carbocycles. The van der Waals surface area contributed by atoms with Crippen LogP contribution in [0.1, 0.15) is 16.3 Å². The molecule has 0 amide bonds. The largest absolute Gasteiger partial charge is 0.508 e. The van der Waals surface area contributed by atoms with Gasteiger partial charge in [0.05, 0.1) is 17.0 Å². The van der Waals surface area contributed by atoms with E-state index in [1.165, 1.54) is 11.3 Å². The Labute approximate surface area is 159 Å². The summed E-state index contributed by atoms with van der Waals surface area (Å²) in [4.78, 5) is 4.43. The number of benzene rings is 2. The Bertz CT molecular complexity index is 1020. The van der Waals surface area contributed by atoms with Gasteiger partial charge in [-0.2, -0.15) is 5.26 Å². The maximum absolute atomic E-state index is 9.46. The van der Waals surface area contributed by atoms with E-state index in [1.54, 1.807) is 54.6 Å². The summed E-state index contributed by atoms with van der Waals surface area (Å²) in [6, 6.07) is 15.8. The van der Waals surface area contributed by atoms with Crippen molar-refractivity contribution in [3.05, 3.63) is 69.8 Å². The number of aromatic nitrogens is 1. The summed E-state index contributed by atoms with van der Waals surface area (Å²) in [7, 11) is 0. The monoisotopic (exact) mass is 380 g/mol. The van der Waals surface area contributed by atoms with Gasteiger partial charge in [-0.3, -0.25) is 0 Å². The van der Waals surface area contributed by atoms with Crippen molar-refractivity contribution in [2.45, 2.75) is 6.92 Å². The molecule has 1 aromatic heterocycles. The van der Waals surface area contributed by atoms with Gasteiger partial charge in [-0.05, 0) is 55.0 Å². The third-order valence-corrected chi connectivity index (χ3v) is 4.74. The number of thiazole rings is 1. The first-order valence-electron chi connectivity index (χ1n) is 7.61. The van der Waals surface area contributed by atoms with E-state index in [4.69, 9.17) is 11.6 Å². The molecule has 7 heteroatoms. The standard InChI is InChI=1S/C19H13ClN4OS/c1-12-18(24-23-16-6-4-15(20)5-7-16)26-19(22-12)14(11-21)10-13-2-8-17(25)9-3-13/h2-10,25H,1H3. The Hall–Kier alpha value is -3.01. The molecule has 2 aromatic carbocycles. The van der Waals surface area contributed by atoms with E-state index in [0.717, 1.165) is 5.56 Å². The number of allylic oxidation sites excluding steroid dienone is 1. The molecule has 26 heavy (non-hydrogen) atoms. The molecule has 0 aliphatic rings. The Kier molecular flexibility index (Phi) is 5.42. The molecule has 0 fully saturated rings. The fourth-order valence-electron chi connectivity index (χ4n) is 2.09. The zero-order valence-corrected chi connectivity index (χ0v) is 15.3. The zero-order chi connectivity index (χ0) is 18.5. The number of rotatable bonds is 4. The van der Waals surface area contributed by atoms with Gasteiger partial charge in [-0.1, -0.05) is 35.1 Å². The van der Waals surface area contributed by atoms with Crippen LogP contribution >= 0.6 is 22.9 Å². The predicted molar refractivity (Wildman–Crippen MR) is 104 cm³/mol. The van der Waals surface area contributed by atoms with Crippen LogP contribution in [-0.2, 0) is 0 Å². The molecule has 1 N–H and O–H groups in total. The summed E-state index contributed by atoms with van der Waals surface area (Å²) < 4.78 is 0. The van der Waals surface area contributed by atoms with E-state index < -0.39 is 0 Å². The number of hydrogen-bond acceptors (Lipinski definition) is 6. The first kappa shape index (κ1) is 17.8. The fourth-order valence-corrected chi connectivity index (χ4v) is 3.07. The van der Waals surface area contributed by atoms with E-state index >= 15 is 0 Å². The van der Waals surface area contributed by atoms with Crippen LogP contribution in [0.15, 0.2) is 58.8 Å². The van der Waals surface area contributed by atoms with Crippen LogP contribution < -0.4 is 0 Å². The van der Waals surface area contributed by atoms with Crippen LogP contribution in [-0.4, -0.2) is 10.1 Å². The second-order valence-corrected chi connectivity index (χ2v) is 6.76. The summed E-state index contributed by atoms with van der Waals surface area (Å²) in [5.74, 6) is 0.177. The van der Waals surface area contributed by atoms with Gasteiger partial charge in [0.25, 0.3) is 0 Å². The molecule has 0 saturated heterocycles. The normalized spacial score (nSPS) is 11.7. The van der Waals surface area contributed by atoms with Crippen molar-refractivity contribution < 1.29 is 5.11 Å². The van der Waals surface area contributed by atoms with Crippen molar-refractivity contribution in [3.8, 4) is 11.8 Å². The van der Waals surface area contributed by atoms with Crippen LogP contribution in [0.5, 0.6) is 5.75 Å². The van der Waals surface area contributed by atoms with Gasteiger partial charge in [0.1, 0.15) is 16.8 Å². The summed E-state index contributed by atoms with van der Waals surface area (Å²) >= 11 is 7.15. The second-order valence-electron chi connectivity index (χ2n) is 5.35. The highest BCUT2D eigenvalue weighted by molar-refractivity contribution is 7.16. The molecule has 0 spiro atoms. The molecule has 1 heterocycles. The van der Waals surface area contributed by atoms with Crippen molar-refractivity contribution in [3.63, 3.8) is 0 Å². The Morgan fingerprint density at radius 2 is 1.85 bits per heavy atom. The van der Waals surface area contributed by atoms with Crippen LogP contribution in [0.3, 0.4) is 0 Å². The van der Waals surface area contributed by atoms with Gasteiger partial charge >= 0.3 is 0 Å². The fraction of sp³-hybridized carbons (Fsp3) is 0.0526. The molecule has 128 valence electrons. The summed E-state index contributed by atoms with van der Waals surface area (Å²) in [6.07, 6.45) is 1.72. The molecule has 5 nitrogen and oxygen atoms in total. The lowest BCUT2D eigenvalue weighted by Crippen LogP contribution is -1.81. The molecule has 3 aromatic rings. The van der Waals surface area contributed by atoms with E-state index in [1.807, 2.05) is 6.92 Å². The average Bonchev–Trinajstić information content (AvgIpc) is 3.01. The topological polar surface area (TPSA) is 81.6 Å². The lowest BCUT2D eigenvalue weighted by Gasteiger charge is -1.96. The number of aryl methyl sites for hydroxylation is 1. The number of nitrogens with zero attached hydrogens (tertiary/aromatic N) is 4. The van der Waals surface area contributed by atoms with Gasteiger partial charge in [-0.15, -0.1) is 10.2 Å². The van der Waals surface area contributed by atoms with E-state index in [2.05, 4.69) is 21.3 Å². The lowest BCUT2D eigenvalue weighted by molar-refractivity contribution is 0.475. The van der Waals surface area contributed by atoms with Gasteiger partial charge in [-0.25, -0.2) is 4.98 Å². The molecule has 0 radical (unpaired) electrons. The van der Waals surface area contributed by atoms with Gasteiger partial charge < -0.3 is 5.11 Å². The summed E-state index contributed by atoms with van der Waals surface area (Å²) in [5, 5.41) is 29.1. The van der Waals surface area contributed by atoms with Crippen LogP contribution in [0.2, 0.25) is 5.02 Å². The molecule has 0 saturated carbocycles. The highest BCUT2D eigenvalue weighted by Crippen LogP contribution is 2.33. The molecule has 0 aliphatic heterocycles. The number of phenols is 1. The Balaban J connectivity index is 1.87.